The summed E-state index contributed by atoms with van der Waals surface area (Å²) >= 11 is 0. The number of pyridine rings is 1. The van der Waals surface area contributed by atoms with Crippen LogP contribution in [0.3, 0.4) is 0 Å². The highest BCUT2D eigenvalue weighted by Gasteiger charge is 2.22. The van der Waals surface area contributed by atoms with E-state index in [2.05, 4.69) is 39.5 Å². The molecule has 0 atom stereocenters. The zero-order valence-corrected chi connectivity index (χ0v) is 15.8. The second-order valence-corrected chi connectivity index (χ2v) is 7.53. The van der Waals surface area contributed by atoms with Gasteiger partial charge in [0.2, 0.25) is 0 Å². The Balaban J connectivity index is 1.32. The van der Waals surface area contributed by atoms with Gasteiger partial charge in [0.1, 0.15) is 5.82 Å². The van der Waals surface area contributed by atoms with Gasteiger partial charge < -0.3 is 15.1 Å². The van der Waals surface area contributed by atoms with E-state index in [-0.39, 0.29) is 5.91 Å². The van der Waals surface area contributed by atoms with Crippen molar-refractivity contribution in [1.82, 2.24) is 9.88 Å². The number of aromatic nitrogens is 1. The van der Waals surface area contributed by atoms with E-state index >= 15 is 0 Å². The number of nitrogens with one attached hydrogen (secondary N) is 1. The highest BCUT2D eigenvalue weighted by molar-refractivity contribution is 5.94. The predicted octanol–water partition coefficient (Wildman–Crippen LogP) is 3.79. The van der Waals surface area contributed by atoms with E-state index in [1.54, 1.807) is 6.20 Å². The molecular formula is C22H28N4O. The van der Waals surface area contributed by atoms with E-state index in [0.717, 1.165) is 32.0 Å². The van der Waals surface area contributed by atoms with E-state index in [4.69, 9.17) is 0 Å². The molecule has 1 aromatic heterocycles. The number of amides is 1. The molecule has 1 saturated carbocycles. The number of nitrogens with zero attached hydrogens (tertiary/aromatic N) is 3. The van der Waals surface area contributed by atoms with Crippen LogP contribution in [0.15, 0.2) is 48.7 Å². The number of anilines is 2. The standard InChI is InChI=1S/C22H28N4O/c27-22(26-15-13-25(14-16-26)20-9-5-2-6-10-20)18-11-12-21(23-17-18)24-19-7-3-1-4-8-19/h2,5-6,9-12,17,19H,1,3-4,7-8,13-16H2,(H,23,24). The maximum atomic E-state index is 12.8. The summed E-state index contributed by atoms with van der Waals surface area (Å²) in [5.41, 5.74) is 1.90. The van der Waals surface area contributed by atoms with Gasteiger partial charge in [-0.25, -0.2) is 4.98 Å². The van der Waals surface area contributed by atoms with Crippen LogP contribution in [0.25, 0.3) is 0 Å². The second-order valence-electron chi connectivity index (χ2n) is 7.53. The van der Waals surface area contributed by atoms with E-state index < -0.39 is 0 Å². The van der Waals surface area contributed by atoms with Crippen LogP contribution in [-0.4, -0.2) is 48.0 Å². The molecule has 2 fully saturated rings. The van der Waals surface area contributed by atoms with E-state index in [9.17, 15) is 4.79 Å². The average molecular weight is 364 g/mol. The van der Waals surface area contributed by atoms with Crippen LogP contribution >= 0.6 is 0 Å². The molecule has 1 aliphatic heterocycles. The highest BCUT2D eigenvalue weighted by Crippen LogP contribution is 2.21. The largest absolute Gasteiger partial charge is 0.368 e. The van der Waals surface area contributed by atoms with Crippen LogP contribution in [-0.2, 0) is 0 Å². The molecule has 1 N–H and O–H groups in total. The molecule has 0 unspecified atom stereocenters. The molecule has 1 aliphatic carbocycles. The van der Waals surface area contributed by atoms with Gasteiger partial charge in [-0.3, -0.25) is 4.79 Å². The van der Waals surface area contributed by atoms with Crippen LogP contribution in [0.2, 0.25) is 0 Å². The Morgan fingerprint density at radius 1 is 0.926 bits per heavy atom. The molecule has 0 bridgehead atoms. The molecule has 0 spiro atoms. The monoisotopic (exact) mass is 364 g/mol. The van der Waals surface area contributed by atoms with Crippen LogP contribution in [0, 0.1) is 0 Å². The average Bonchev–Trinajstić information content (AvgIpc) is 2.75. The van der Waals surface area contributed by atoms with Gasteiger partial charge in [-0.15, -0.1) is 0 Å². The summed E-state index contributed by atoms with van der Waals surface area (Å²) in [5, 5.41) is 3.51. The minimum Gasteiger partial charge on any atom is -0.368 e. The van der Waals surface area contributed by atoms with Gasteiger partial charge in [0.25, 0.3) is 5.91 Å². The number of hydrogen-bond acceptors (Lipinski definition) is 4. The Labute approximate surface area is 161 Å². The molecule has 1 saturated heterocycles. The lowest BCUT2D eigenvalue weighted by Crippen LogP contribution is -2.48. The molecule has 27 heavy (non-hydrogen) atoms. The number of rotatable bonds is 4. The van der Waals surface area contributed by atoms with E-state index in [1.807, 2.05) is 23.1 Å². The summed E-state index contributed by atoms with van der Waals surface area (Å²) in [6, 6.07) is 14.8. The maximum Gasteiger partial charge on any atom is 0.255 e. The number of benzene rings is 1. The molecule has 2 heterocycles. The molecule has 5 heteroatoms. The Morgan fingerprint density at radius 2 is 1.67 bits per heavy atom. The van der Waals surface area contributed by atoms with Crippen molar-refractivity contribution in [1.29, 1.82) is 0 Å². The van der Waals surface area contributed by atoms with Gasteiger partial charge in [-0.05, 0) is 37.1 Å². The summed E-state index contributed by atoms with van der Waals surface area (Å²) < 4.78 is 0. The lowest BCUT2D eigenvalue weighted by Gasteiger charge is -2.36. The maximum absolute atomic E-state index is 12.8. The molecule has 2 aliphatic rings. The molecular weight excluding hydrogens is 336 g/mol. The smallest absolute Gasteiger partial charge is 0.255 e. The molecule has 1 amide bonds. The number of hydrogen-bond donors (Lipinski definition) is 1. The van der Waals surface area contributed by atoms with Crippen molar-refractivity contribution in [2.75, 3.05) is 36.4 Å². The number of carbonyl (C=O) groups excluding carboxylic acids is 1. The molecule has 5 nitrogen and oxygen atoms in total. The van der Waals surface area contributed by atoms with Crippen molar-refractivity contribution in [3.05, 3.63) is 54.2 Å². The number of piperazine rings is 1. The van der Waals surface area contributed by atoms with Gasteiger partial charge in [0, 0.05) is 44.1 Å². The molecule has 2 aromatic rings. The Morgan fingerprint density at radius 3 is 2.33 bits per heavy atom. The molecule has 1 aromatic carbocycles. The summed E-state index contributed by atoms with van der Waals surface area (Å²) in [4.78, 5) is 21.5. The third kappa shape index (κ3) is 4.41. The first-order valence-electron chi connectivity index (χ1n) is 10.1. The van der Waals surface area contributed by atoms with Gasteiger partial charge >= 0.3 is 0 Å². The Hall–Kier alpha value is -2.56. The minimum atomic E-state index is 0.0828. The summed E-state index contributed by atoms with van der Waals surface area (Å²) in [6.45, 7) is 3.22. The van der Waals surface area contributed by atoms with Crippen molar-refractivity contribution < 1.29 is 4.79 Å². The second kappa shape index (κ2) is 8.42. The first-order valence-corrected chi connectivity index (χ1v) is 10.1. The Kier molecular flexibility index (Phi) is 5.56. The fourth-order valence-corrected chi connectivity index (χ4v) is 4.05. The van der Waals surface area contributed by atoms with Gasteiger partial charge in [-0.2, -0.15) is 0 Å². The summed E-state index contributed by atoms with van der Waals surface area (Å²) in [6.07, 6.45) is 8.09. The zero-order chi connectivity index (χ0) is 18.5. The van der Waals surface area contributed by atoms with Crippen LogP contribution in [0.5, 0.6) is 0 Å². The van der Waals surface area contributed by atoms with E-state index in [1.165, 1.54) is 37.8 Å². The topological polar surface area (TPSA) is 48.5 Å². The molecule has 4 rings (SSSR count). The Bertz CT molecular complexity index is 733. The number of carbonyl (C=O) groups is 1. The summed E-state index contributed by atoms with van der Waals surface area (Å²) in [7, 11) is 0. The highest BCUT2D eigenvalue weighted by atomic mass is 16.2. The first-order chi connectivity index (χ1) is 13.3. The fraction of sp³-hybridized carbons (Fsp3) is 0.455. The van der Waals surface area contributed by atoms with Crippen molar-refractivity contribution in [2.24, 2.45) is 0 Å². The summed E-state index contributed by atoms with van der Waals surface area (Å²) in [5.74, 6) is 0.965. The lowest BCUT2D eigenvalue weighted by atomic mass is 9.95. The van der Waals surface area contributed by atoms with Gasteiger partial charge in [0.15, 0.2) is 0 Å². The molecule has 0 radical (unpaired) electrons. The SMILES string of the molecule is O=C(c1ccc(NC2CCCCC2)nc1)N1CCN(c2ccccc2)CC1. The zero-order valence-electron chi connectivity index (χ0n) is 15.8. The van der Waals surface area contributed by atoms with Crippen molar-refractivity contribution in [3.63, 3.8) is 0 Å². The third-order valence-corrected chi connectivity index (χ3v) is 5.66. The van der Waals surface area contributed by atoms with Crippen molar-refractivity contribution in [2.45, 2.75) is 38.1 Å². The minimum absolute atomic E-state index is 0.0828. The van der Waals surface area contributed by atoms with Crippen molar-refractivity contribution >= 4 is 17.4 Å². The normalized spacial score (nSPS) is 18.4. The van der Waals surface area contributed by atoms with Gasteiger partial charge in [0.05, 0.1) is 5.56 Å². The van der Waals surface area contributed by atoms with Crippen LogP contribution in [0.4, 0.5) is 11.5 Å². The predicted molar refractivity (Wildman–Crippen MR) is 109 cm³/mol. The third-order valence-electron chi connectivity index (χ3n) is 5.66. The fourth-order valence-electron chi connectivity index (χ4n) is 4.05. The first kappa shape index (κ1) is 17.8. The van der Waals surface area contributed by atoms with Crippen LogP contribution in [0.1, 0.15) is 42.5 Å². The van der Waals surface area contributed by atoms with Gasteiger partial charge in [-0.1, -0.05) is 37.5 Å². The van der Waals surface area contributed by atoms with E-state index in [0.29, 0.717) is 11.6 Å². The van der Waals surface area contributed by atoms with Crippen molar-refractivity contribution in [3.8, 4) is 0 Å². The lowest BCUT2D eigenvalue weighted by molar-refractivity contribution is 0.0746. The number of para-hydroxylation sites is 1. The van der Waals surface area contributed by atoms with Crippen LogP contribution < -0.4 is 10.2 Å². The molecule has 142 valence electrons. The quantitative estimate of drug-likeness (QED) is 0.897.